The molecule has 40 heavy (non-hydrogen) atoms. The first-order valence-corrected chi connectivity index (χ1v) is 13.2. The van der Waals surface area contributed by atoms with Crippen LogP contribution in [0, 0.1) is 6.92 Å². The number of para-hydroxylation sites is 1. The summed E-state index contributed by atoms with van der Waals surface area (Å²) in [5, 5.41) is 6.88. The molecule has 4 heterocycles. The van der Waals surface area contributed by atoms with E-state index in [9.17, 15) is 9.59 Å². The lowest BCUT2D eigenvalue weighted by Gasteiger charge is -2.32. The van der Waals surface area contributed by atoms with Gasteiger partial charge in [-0.15, -0.1) is 0 Å². The number of likely N-dealkylation sites (N-methyl/N-ethyl adjacent to an activating group) is 1. The van der Waals surface area contributed by atoms with E-state index in [0.717, 1.165) is 34.4 Å². The van der Waals surface area contributed by atoms with Crippen LogP contribution in [0.2, 0.25) is 0 Å². The third-order valence-electron chi connectivity index (χ3n) is 7.23. The Labute approximate surface area is 231 Å². The summed E-state index contributed by atoms with van der Waals surface area (Å²) >= 11 is 0. The number of ether oxygens (including phenoxy) is 2. The number of nitrogens with zero attached hydrogens (tertiary/aromatic N) is 2. The van der Waals surface area contributed by atoms with E-state index in [0.29, 0.717) is 41.7 Å². The van der Waals surface area contributed by atoms with Gasteiger partial charge in [-0.3, -0.25) is 9.59 Å². The maximum absolute atomic E-state index is 13.0. The van der Waals surface area contributed by atoms with E-state index in [1.807, 2.05) is 49.4 Å². The van der Waals surface area contributed by atoms with Crippen LogP contribution < -0.4 is 20.1 Å². The molecule has 0 unspecified atom stereocenters. The SMILES string of the molecule is Cc1oc2c(Oc3ccc4c(c3)OCC4)cccc2c1CN(C)C(=O)/C=C/c1cnc2c(c1)NC(C)(C)C(=O)N2. The van der Waals surface area contributed by atoms with E-state index in [2.05, 4.69) is 15.6 Å². The Morgan fingerprint density at radius 2 is 2.08 bits per heavy atom. The average Bonchev–Trinajstić information content (AvgIpc) is 3.52. The van der Waals surface area contributed by atoms with Crippen LogP contribution in [0.5, 0.6) is 17.2 Å². The minimum Gasteiger partial charge on any atom is -0.493 e. The van der Waals surface area contributed by atoms with E-state index in [-0.39, 0.29) is 11.8 Å². The largest absolute Gasteiger partial charge is 0.493 e. The van der Waals surface area contributed by atoms with Gasteiger partial charge in [-0.25, -0.2) is 4.98 Å². The molecule has 6 rings (SSSR count). The highest BCUT2D eigenvalue weighted by Gasteiger charge is 2.33. The maximum Gasteiger partial charge on any atom is 0.250 e. The molecule has 0 spiro atoms. The third kappa shape index (κ3) is 4.75. The number of amides is 2. The van der Waals surface area contributed by atoms with Gasteiger partial charge in [-0.2, -0.15) is 0 Å². The first kappa shape index (κ1) is 25.5. The fourth-order valence-corrected chi connectivity index (χ4v) is 4.91. The quantitative estimate of drug-likeness (QED) is 0.304. The smallest absolute Gasteiger partial charge is 0.250 e. The first-order chi connectivity index (χ1) is 19.2. The summed E-state index contributed by atoms with van der Waals surface area (Å²) in [5.41, 5.74) is 3.43. The summed E-state index contributed by atoms with van der Waals surface area (Å²) < 4.78 is 18.0. The van der Waals surface area contributed by atoms with Gasteiger partial charge in [0.05, 0.1) is 12.3 Å². The summed E-state index contributed by atoms with van der Waals surface area (Å²) in [6, 6.07) is 13.5. The number of aromatic nitrogens is 1. The number of hydrogen-bond acceptors (Lipinski definition) is 7. The van der Waals surface area contributed by atoms with Crippen molar-refractivity contribution in [2.24, 2.45) is 0 Å². The Bertz CT molecular complexity index is 1690. The van der Waals surface area contributed by atoms with Crippen LogP contribution in [-0.2, 0) is 22.6 Å². The molecule has 2 amide bonds. The summed E-state index contributed by atoms with van der Waals surface area (Å²) in [6.07, 6.45) is 5.75. The van der Waals surface area contributed by atoms with Gasteiger partial charge in [-0.1, -0.05) is 18.2 Å². The average molecular weight is 539 g/mol. The van der Waals surface area contributed by atoms with Crippen molar-refractivity contribution in [1.82, 2.24) is 9.88 Å². The van der Waals surface area contributed by atoms with Gasteiger partial charge < -0.3 is 29.4 Å². The van der Waals surface area contributed by atoms with Crippen molar-refractivity contribution < 1.29 is 23.5 Å². The van der Waals surface area contributed by atoms with Crippen LogP contribution in [0.4, 0.5) is 11.5 Å². The topological polar surface area (TPSA) is 106 Å². The van der Waals surface area contributed by atoms with Crippen molar-refractivity contribution >= 4 is 40.4 Å². The highest BCUT2D eigenvalue weighted by Crippen LogP contribution is 2.38. The molecule has 4 aromatic rings. The zero-order chi connectivity index (χ0) is 28.0. The number of nitrogens with one attached hydrogen (secondary N) is 2. The predicted octanol–water partition coefficient (Wildman–Crippen LogP) is 5.68. The number of hydrogen-bond donors (Lipinski definition) is 2. The molecule has 204 valence electrons. The van der Waals surface area contributed by atoms with Crippen molar-refractivity contribution in [2.45, 2.75) is 39.3 Å². The lowest BCUT2D eigenvalue weighted by atomic mass is 10.0. The molecular weight excluding hydrogens is 508 g/mol. The van der Waals surface area contributed by atoms with E-state index >= 15 is 0 Å². The van der Waals surface area contributed by atoms with Gasteiger partial charge in [-0.05, 0) is 56.2 Å². The highest BCUT2D eigenvalue weighted by molar-refractivity contribution is 6.04. The number of furan rings is 1. The summed E-state index contributed by atoms with van der Waals surface area (Å²) in [4.78, 5) is 31.1. The Morgan fingerprint density at radius 1 is 1.23 bits per heavy atom. The van der Waals surface area contributed by atoms with Crippen molar-refractivity contribution in [2.75, 3.05) is 24.3 Å². The van der Waals surface area contributed by atoms with Crippen LogP contribution >= 0.6 is 0 Å². The lowest BCUT2D eigenvalue weighted by Crippen LogP contribution is -2.47. The molecule has 2 aromatic carbocycles. The van der Waals surface area contributed by atoms with E-state index in [1.54, 1.807) is 38.1 Å². The summed E-state index contributed by atoms with van der Waals surface area (Å²) in [7, 11) is 1.75. The Kier molecular flexibility index (Phi) is 6.21. The van der Waals surface area contributed by atoms with Crippen molar-refractivity contribution in [3.63, 3.8) is 0 Å². The molecule has 0 fully saturated rings. The van der Waals surface area contributed by atoms with Crippen LogP contribution in [0.25, 0.3) is 17.0 Å². The number of fused-ring (bicyclic) bond motifs is 3. The van der Waals surface area contributed by atoms with Crippen molar-refractivity contribution in [3.05, 3.63) is 77.2 Å². The summed E-state index contributed by atoms with van der Waals surface area (Å²) in [6.45, 7) is 6.54. The monoisotopic (exact) mass is 538 g/mol. The lowest BCUT2D eigenvalue weighted by molar-refractivity contribution is -0.125. The van der Waals surface area contributed by atoms with E-state index in [1.165, 1.54) is 11.6 Å². The Hall–Kier alpha value is -4.79. The predicted molar refractivity (Wildman–Crippen MR) is 153 cm³/mol. The van der Waals surface area contributed by atoms with Crippen molar-refractivity contribution in [1.29, 1.82) is 0 Å². The van der Waals surface area contributed by atoms with Crippen LogP contribution in [0.15, 0.2) is 59.2 Å². The number of aryl methyl sites for hydroxylation is 1. The van der Waals surface area contributed by atoms with Crippen LogP contribution in [0.3, 0.4) is 0 Å². The Balaban J connectivity index is 1.17. The molecule has 2 N–H and O–H groups in total. The number of rotatable bonds is 6. The molecule has 0 bridgehead atoms. The number of benzene rings is 2. The van der Waals surface area contributed by atoms with Crippen molar-refractivity contribution in [3.8, 4) is 17.2 Å². The second-order valence-corrected chi connectivity index (χ2v) is 10.6. The second-order valence-electron chi connectivity index (χ2n) is 10.6. The van der Waals surface area contributed by atoms with Gasteiger partial charge in [0.2, 0.25) is 5.91 Å². The second kappa shape index (κ2) is 9.75. The molecule has 2 aliphatic heterocycles. The van der Waals surface area contributed by atoms with Gasteiger partial charge in [0.1, 0.15) is 22.8 Å². The third-order valence-corrected chi connectivity index (χ3v) is 7.23. The molecule has 9 heteroatoms. The van der Waals surface area contributed by atoms with Gasteiger partial charge >= 0.3 is 0 Å². The standard InChI is InChI=1S/C31H30N4O5/c1-18-23(22-6-5-7-25(28(22)39-18)40-21-10-9-20-12-13-38-26(20)15-21)17-35(4)27(36)11-8-19-14-24-29(32-16-19)33-30(37)31(2,3)34-24/h5-11,14-16,34H,12-13,17H2,1-4H3,(H,32,33,37)/b11-8+. The van der Waals surface area contributed by atoms with Crippen LogP contribution in [-0.4, -0.2) is 40.9 Å². The molecule has 0 atom stereocenters. The molecule has 0 radical (unpaired) electrons. The zero-order valence-corrected chi connectivity index (χ0v) is 22.8. The van der Waals surface area contributed by atoms with Gasteiger partial charge in [0.15, 0.2) is 17.2 Å². The van der Waals surface area contributed by atoms with Crippen LogP contribution in [0.1, 0.15) is 36.3 Å². The number of carbonyl (C=O) groups excluding carboxylic acids is 2. The molecule has 2 aromatic heterocycles. The fourth-order valence-electron chi connectivity index (χ4n) is 4.91. The number of anilines is 2. The number of pyridine rings is 1. The number of carbonyl (C=O) groups is 2. The zero-order valence-electron chi connectivity index (χ0n) is 22.8. The molecule has 0 aliphatic carbocycles. The van der Waals surface area contributed by atoms with Gasteiger partial charge in [0.25, 0.3) is 5.91 Å². The minimum atomic E-state index is -0.751. The molecule has 9 nitrogen and oxygen atoms in total. The molecular formula is C31H30N4O5. The fraction of sp³-hybridized carbons (Fsp3) is 0.258. The van der Waals surface area contributed by atoms with Gasteiger partial charge in [0, 0.05) is 49.3 Å². The highest BCUT2D eigenvalue weighted by atomic mass is 16.5. The van der Waals surface area contributed by atoms with E-state index < -0.39 is 5.54 Å². The normalized spacial score (nSPS) is 15.2. The molecule has 2 aliphatic rings. The minimum absolute atomic E-state index is 0.147. The summed E-state index contributed by atoms with van der Waals surface area (Å²) in [5.74, 6) is 3.02. The maximum atomic E-state index is 13.0. The molecule has 0 saturated heterocycles. The molecule has 0 saturated carbocycles. The first-order valence-electron chi connectivity index (χ1n) is 13.2. The van der Waals surface area contributed by atoms with E-state index in [4.69, 9.17) is 13.9 Å². The Morgan fingerprint density at radius 3 is 2.92 bits per heavy atom.